The molecule has 1 aromatic heterocycles. The van der Waals surface area contributed by atoms with Crippen LogP contribution in [-0.4, -0.2) is 9.55 Å². The van der Waals surface area contributed by atoms with Crippen molar-refractivity contribution in [2.24, 2.45) is 0 Å². The summed E-state index contributed by atoms with van der Waals surface area (Å²) in [5, 5.41) is 0. The van der Waals surface area contributed by atoms with E-state index in [2.05, 4.69) is 24.0 Å². The van der Waals surface area contributed by atoms with Gasteiger partial charge in [-0.2, -0.15) is 0 Å². The van der Waals surface area contributed by atoms with Crippen LogP contribution < -0.4 is 0 Å². The van der Waals surface area contributed by atoms with Crippen LogP contribution in [0.15, 0.2) is 36.8 Å². The van der Waals surface area contributed by atoms with Gasteiger partial charge >= 0.3 is 0 Å². The zero-order chi connectivity index (χ0) is 9.26. The Morgan fingerprint density at radius 1 is 1.15 bits per heavy atom. The number of benzene rings is 1. The molecular formula is C11H12N2. The summed E-state index contributed by atoms with van der Waals surface area (Å²) in [6.45, 7) is 4.10. The van der Waals surface area contributed by atoms with E-state index in [1.807, 2.05) is 36.1 Å². The van der Waals surface area contributed by atoms with Crippen molar-refractivity contribution in [3.63, 3.8) is 0 Å². The standard InChI is InChI=1S/C11H12N2/c1-9-5-3-4-6-11(9)13-7-10(2)12-8-13/h3-8H,1-2H3. The third-order valence-electron chi connectivity index (χ3n) is 2.11. The number of hydrogen-bond donors (Lipinski definition) is 0. The molecule has 0 aliphatic rings. The van der Waals surface area contributed by atoms with Crippen molar-refractivity contribution in [2.45, 2.75) is 13.8 Å². The first kappa shape index (κ1) is 8.05. The van der Waals surface area contributed by atoms with E-state index in [-0.39, 0.29) is 0 Å². The maximum Gasteiger partial charge on any atom is 0.0995 e. The van der Waals surface area contributed by atoms with Gasteiger partial charge in [-0.3, -0.25) is 0 Å². The Bertz CT molecular complexity index is 416. The van der Waals surface area contributed by atoms with E-state index in [0.717, 1.165) is 5.69 Å². The van der Waals surface area contributed by atoms with Crippen molar-refractivity contribution in [1.29, 1.82) is 0 Å². The van der Waals surface area contributed by atoms with Gasteiger partial charge in [0.2, 0.25) is 0 Å². The zero-order valence-electron chi connectivity index (χ0n) is 7.86. The molecule has 1 aromatic carbocycles. The highest BCUT2D eigenvalue weighted by Crippen LogP contribution is 2.12. The summed E-state index contributed by atoms with van der Waals surface area (Å²) in [4.78, 5) is 4.20. The van der Waals surface area contributed by atoms with Gasteiger partial charge in [0, 0.05) is 11.9 Å². The molecule has 0 saturated heterocycles. The molecule has 0 spiro atoms. The molecule has 2 aromatic rings. The maximum absolute atomic E-state index is 4.20. The minimum Gasteiger partial charge on any atom is -0.306 e. The molecule has 0 aliphatic heterocycles. The molecule has 0 fully saturated rings. The zero-order valence-corrected chi connectivity index (χ0v) is 7.86. The number of aromatic nitrogens is 2. The molecule has 0 bridgehead atoms. The molecule has 2 nitrogen and oxygen atoms in total. The summed E-state index contributed by atoms with van der Waals surface area (Å²) in [6, 6.07) is 8.28. The van der Waals surface area contributed by atoms with Crippen LogP contribution in [0.2, 0.25) is 0 Å². The molecule has 0 unspecified atom stereocenters. The first-order valence-electron chi connectivity index (χ1n) is 4.34. The molecule has 0 N–H and O–H groups in total. The Labute approximate surface area is 77.9 Å². The highest BCUT2D eigenvalue weighted by molar-refractivity contribution is 5.40. The lowest BCUT2D eigenvalue weighted by Gasteiger charge is -2.04. The van der Waals surface area contributed by atoms with Crippen LogP contribution in [0.25, 0.3) is 5.69 Å². The Kier molecular flexibility index (Phi) is 1.89. The van der Waals surface area contributed by atoms with Crippen LogP contribution in [0.3, 0.4) is 0 Å². The summed E-state index contributed by atoms with van der Waals surface area (Å²) in [5.41, 5.74) is 3.51. The smallest absolute Gasteiger partial charge is 0.0995 e. The van der Waals surface area contributed by atoms with Crippen molar-refractivity contribution in [3.8, 4) is 5.69 Å². The van der Waals surface area contributed by atoms with E-state index in [1.54, 1.807) is 0 Å². The Morgan fingerprint density at radius 2 is 1.92 bits per heavy atom. The molecule has 13 heavy (non-hydrogen) atoms. The fourth-order valence-corrected chi connectivity index (χ4v) is 1.41. The summed E-state index contributed by atoms with van der Waals surface area (Å²) in [6.07, 6.45) is 3.88. The number of para-hydroxylation sites is 1. The van der Waals surface area contributed by atoms with Gasteiger partial charge in [-0.15, -0.1) is 0 Å². The molecule has 0 amide bonds. The van der Waals surface area contributed by atoms with Crippen molar-refractivity contribution in [1.82, 2.24) is 9.55 Å². The van der Waals surface area contributed by atoms with Gasteiger partial charge in [0.1, 0.15) is 0 Å². The number of rotatable bonds is 1. The summed E-state index contributed by atoms with van der Waals surface area (Å²) in [5.74, 6) is 0. The topological polar surface area (TPSA) is 17.8 Å². The fraction of sp³-hybridized carbons (Fsp3) is 0.182. The van der Waals surface area contributed by atoms with Gasteiger partial charge in [-0.1, -0.05) is 18.2 Å². The molecule has 0 aliphatic carbocycles. The van der Waals surface area contributed by atoms with Crippen LogP contribution in [0.1, 0.15) is 11.3 Å². The first-order valence-corrected chi connectivity index (χ1v) is 4.34. The summed E-state index contributed by atoms with van der Waals surface area (Å²) in [7, 11) is 0. The predicted octanol–water partition coefficient (Wildman–Crippen LogP) is 2.49. The number of nitrogens with zero attached hydrogens (tertiary/aromatic N) is 2. The molecule has 0 radical (unpaired) electrons. The fourth-order valence-electron chi connectivity index (χ4n) is 1.41. The van der Waals surface area contributed by atoms with Gasteiger partial charge in [0.25, 0.3) is 0 Å². The Morgan fingerprint density at radius 3 is 2.54 bits per heavy atom. The highest BCUT2D eigenvalue weighted by atomic mass is 15.0. The number of imidazole rings is 1. The van der Waals surface area contributed by atoms with Crippen LogP contribution >= 0.6 is 0 Å². The average Bonchev–Trinajstić information content (AvgIpc) is 2.53. The van der Waals surface area contributed by atoms with Gasteiger partial charge in [-0.05, 0) is 25.5 Å². The molecule has 1 heterocycles. The second kappa shape index (κ2) is 3.05. The van der Waals surface area contributed by atoms with Crippen LogP contribution in [0, 0.1) is 13.8 Å². The van der Waals surface area contributed by atoms with Gasteiger partial charge in [0.15, 0.2) is 0 Å². The average molecular weight is 172 g/mol. The van der Waals surface area contributed by atoms with Crippen LogP contribution in [-0.2, 0) is 0 Å². The van der Waals surface area contributed by atoms with E-state index in [1.165, 1.54) is 11.3 Å². The van der Waals surface area contributed by atoms with Gasteiger partial charge in [0.05, 0.1) is 12.0 Å². The van der Waals surface area contributed by atoms with Crippen molar-refractivity contribution in [3.05, 3.63) is 48.0 Å². The van der Waals surface area contributed by atoms with E-state index < -0.39 is 0 Å². The largest absolute Gasteiger partial charge is 0.306 e. The lowest BCUT2D eigenvalue weighted by atomic mass is 10.2. The third kappa shape index (κ3) is 1.47. The molecule has 0 atom stereocenters. The summed E-state index contributed by atoms with van der Waals surface area (Å²) >= 11 is 0. The van der Waals surface area contributed by atoms with E-state index >= 15 is 0 Å². The first-order chi connectivity index (χ1) is 6.27. The second-order valence-electron chi connectivity index (χ2n) is 3.21. The molecular weight excluding hydrogens is 160 g/mol. The molecule has 2 rings (SSSR count). The monoisotopic (exact) mass is 172 g/mol. The number of hydrogen-bond acceptors (Lipinski definition) is 1. The molecule has 0 saturated carbocycles. The van der Waals surface area contributed by atoms with Crippen LogP contribution in [0.5, 0.6) is 0 Å². The summed E-state index contributed by atoms with van der Waals surface area (Å²) < 4.78 is 2.05. The van der Waals surface area contributed by atoms with Gasteiger partial charge < -0.3 is 4.57 Å². The van der Waals surface area contributed by atoms with Crippen LogP contribution in [0.4, 0.5) is 0 Å². The quantitative estimate of drug-likeness (QED) is 0.646. The van der Waals surface area contributed by atoms with E-state index in [0.29, 0.717) is 0 Å². The number of aryl methyl sites for hydroxylation is 2. The second-order valence-corrected chi connectivity index (χ2v) is 3.21. The van der Waals surface area contributed by atoms with Crippen molar-refractivity contribution in [2.75, 3.05) is 0 Å². The minimum absolute atomic E-state index is 1.04. The third-order valence-corrected chi connectivity index (χ3v) is 2.11. The lowest BCUT2D eigenvalue weighted by molar-refractivity contribution is 1.04. The Balaban J connectivity index is 2.52. The highest BCUT2D eigenvalue weighted by Gasteiger charge is 1.99. The van der Waals surface area contributed by atoms with Crippen molar-refractivity contribution < 1.29 is 0 Å². The predicted molar refractivity (Wildman–Crippen MR) is 53.0 cm³/mol. The van der Waals surface area contributed by atoms with Crippen molar-refractivity contribution >= 4 is 0 Å². The SMILES string of the molecule is Cc1cn(-c2ccccc2C)cn1. The maximum atomic E-state index is 4.20. The van der Waals surface area contributed by atoms with E-state index in [9.17, 15) is 0 Å². The normalized spacial score (nSPS) is 10.3. The van der Waals surface area contributed by atoms with E-state index in [4.69, 9.17) is 0 Å². The molecule has 2 heteroatoms. The lowest BCUT2D eigenvalue weighted by Crippen LogP contribution is -1.92. The minimum atomic E-state index is 1.04. The molecule has 66 valence electrons. The van der Waals surface area contributed by atoms with Gasteiger partial charge in [-0.25, -0.2) is 4.98 Å². The Hall–Kier alpha value is -1.57.